The minimum absolute atomic E-state index is 1.01. The molecular weight excluding hydrogens is 284 g/mol. The summed E-state index contributed by atoms with van der Waals surface area (Å²) in [6.45, 7) is 0. The van der Waals surface area contributed by atoms with Crippen molar-refractivity contribution in [2.24, 2.45) is 0 Å². The van der Waals surface area contributed by atoms with Gasteiger partial charge in [-0.3, -0.25) is 0 Å². The van der Waals surface area contributed by atoms with Gasteiger partial charge in [-0.25, -0.2) is 0 Å². The van der Waals surface area contributed by atoms with Gasteiger partial charge in [-0.2, -0.15) is 0 Å². The Balaban J connectivity index is 3.05. The molecule has 0 N–H and O–H groups in total. The van der Waals surface area contributed by atoms with E-state index in [1.54, 1.807) is 0 Å². The molecule has 0 aliphatic carbocycles. The Morgan fingerprint density at radius 2 is 1.25 bits per heavy atom. The summed E-state index contributed by atoms with van der Waals surface area (Å²) < 4.78 is 2.02. The fraction of sp³-hybridized carbons (Fsp3) is 0.333. The second-order valence-corrected chi connectivity index (χ2v) is 4.97. The van der Waals surface area contributed by atoms with E-state index in [0.717, 1.165) is 20.2 Å². The van der Waals surface area contributed by atoms with E-state index >= 15 is 0 Å². The van der Waals surface area contributed by atoms with Crippen LogP contribution in [0.25, 0.3) is 0 Å². The molecule has 0 spiro atoms. The average Bonchev–Trinajstić information content (AvgIpc) is 2.26. The molecule has 0 aliphatic rings. The SMILES string of the molecule is CN(C)[C](=[Fe])c1cccc([C](=[Fe])N(C)C)c1. The van der Waals surface area contributed by atoms with Gasteiger partial charge >= 0.3 is 114 Å². The predicted molar refractivity (Wildman–Crippen MR) is 62.0 cm³/mol. The van der Waals surface area contributed by atoms with Gasteiger partial charge in [-0.05, 0) is 0 Å². The number of hydrogen-bond donors (Lipinski definition) is 0. The Morgan fingerprint density at radius 3 is 1.56 bits per heavy atom. The van der Waals surface area contributed by atoms with Crippen LogP contribution in [0.2, 0.25) is 0 Å². The van der Waals surface area contributed by atoms with Crippen LogP contribution in [0.15, 0.2) is 24.3 Å². The van der Waals surface area contributed by atoms with Crippen LogP contribution < -0.4 is 0 Å². The number of hydrogen-bond acceptors (Lipinski definition) is 2. The van der Waals surface area contributed by atoms with Gasteiger partial charge in [-0.1, -0.05) is 0 Å². The molecule has 0 aromatic heterocycles. The molecule has 1 rings (SSSR count). The van der Waals surface area contributed by atoms with Gasteiger partial charge in [0.2, 0.25) is 0 Å². The third-order valence-electron chi connectivity index (χ3n) is 2.09. The first kappa shape index (κ1) is 14.0. The van der Waals surface area contributed by atoms with Gasteiger partial charge in [0, 0.05) is 0 Å². The Kier molecular flexibility index (Phi) is 5.26. The van der Waals surface area contributed by atoms with Crippen LogP contribution in [0, 0.1) is 0 Å². The molecule has 1 aromatic carbocycles. The molecule has 0 unspecified atom stereocenters. The monoisotopic (exact) mass is 300 g/mol. The maximum absolute atomic E-state index is 4.05. The van der Waals surface area contributed by atoms with Gasteiger partial charge < -0.3 is 0 Å². The second kappa shape index (κ2) is 6.02. The van der Waals surface area contributed by atoms with Crippen LogP contribution in [-0.4, -0.2) is 47.1 Å². The van der Waals surface area contributed by atoms with Crippen molar-refractivity contribution in [2.75, 3.05) is 28.2 Å². The fourth-order valence-electron chi connectivity index (χ4n) is 1.28. The van der Waals surface area contributed by atoms with E-state index in [1.807, 2.05) is 44.1 Å². The summed E-state index contributed by atoms with van der Waals surface area (Å²) in [5, 5.41) is 0. The summed E-state index contributed by atoms with van der Waals surface area (Å²) in [6.07, 6.45) is 0. The zero-order valence-electron chi connectivity index (χ0n) is 9.91. The molecule has 90 valence electrons. The van der Waals surface area contributed by atoms with Crippen LogP contribution in [0.1, 0.15) is 11.1 Å². The zero-order valence-corrected chi connectivity index (χ0v) is 12.1. The molecule has 1 aromatic rings. The topological polar surface area (TPSA) is 6.48 Å². The first-order valence-corrected chi connectivity index (χ1v) is 6.02. The third kappa shape index (κ3) is 3.46. The summed E-state index contributed by atoms with van der Waals surface area (Å²) >= 11 is 8.10. The average molecular weight is 300 g/mol. The van der Waals surface area contributed by atoms with Crippen molar-refractivity contribution in [2.45, 2.75) is 0 Å². The summed E-state index contributed by atoms with van der Waals surface area (Å²) in [5.41, 5.74) is 2.26. The van der Waals surface area contributed by atoms with Crippen LogP contribution in [0.3, 0.4) is 0 Å². The summed E-state index contributed by atoms with van der Waals surface area (Å²) in [6, 6.07) is 8.28. The van der Waals surface area contributed by atoms with E-state index < -0.39 is 0 Å². The van der Waals surface area contributed by atoms with Crippen molar-refractivity contribution in [3.8, 4) is 0 Å². The van der Waals surface area contributed by atoms with Crippen molar-refractivity contribution in [3.05, 3.63) is 35.4 Å². The van der Waals surface area contributed by atoms with Crippen LogP contribution in [0.5, 0.6) is 0 Å². The molecule has 0 bridgehead atoms. The third-order valence-corrected chi connectivity index (χ3v) is 3.71. The Hall–Kier alpha value is -0.0810. The Labute approximate surface area is 113 Å². The minimum atomic E-state index is 1.01. The van der Waals surface area contributed by atoms with Crippen molar-refractivity contribution in [1.82, 2.24) is 9.80 Å². The van der Waals surface area contributed by atoms with E-state index in [-0.39, 0.29) is 0 Å². The number of benzene rings is 1. The quantitative estimate of drug-likeness (QED) is 0.761. The molecule has 4 heteroatoms. The normalized spacial score (nSPS) is 11.0. The summed E-state index contributed by atoms with van der Waals surface area (Å²) in [7, 11) is 7.98. The molecule has 0 heterocycles. The molecule has 0 atom stereocenters. The van der Waals surface area contributed by atoms with E-state index in [1.165, 1.54) is 0 Å². The molecular formula is C12H16Fe2N2. The van der Waals surface area contributed by atoms with Gasteiger partial charge in [0.15, 0.2) is 0 Å². The fourth-order valence-corrected chi connectivity index (χ4v) is 1.63. The number of rotatable bonds is 4. The molecule has 0 amide bonds. The Morgan fingerprint density at radius 1 is 0.875 bits per heavy atom. The zero-order chi connectivity index (χ0) is 12.3. The first-order valence-electron chi connectivity index (χ1n) is 4.91. The van der Waals surface area contributed by atoms with Gasteiger partial charge in [-0.15, -0.1) is 0 Å². The van der Waals surface area contributed by atoms with Gasteiger partial charge in [0.1, 0.15) is 0 Å². The van der Waals surface area contributed by atoms with Crippen molar-refractivity contribution < 1.29 is 31.2 Å². The summed E-state index contributed by atoms with van der Waals surface area (Å²) in [5.74, 6) is 0. The van der Waals surface area contributed by atoms with E-state index in [0.29, 0.717) is 0 Å². The predicted octanol–water partition coefficient (Wildman–Crippen LogP) is 0.859. The standard InChI is InChI=1S/C12H16N2.2Fe/c1-13(2)9-11-6-5-7-12(8-11)10-14(3)4;;/h5-8H,1-4H3;;. The van der Waals surface area contributed by atoms with Crippen LogP contribution >= 0.6 is 0 Å². The number of nitrogens with zero attached hydrogens (tertiary/aromatic N) is 2. The van der Waals surface area contributed by atoms with Crippen LogP contribution in [0.4, 0.5) is 0 Å². The molecule has 0 aliphatic heterocycles. The summed E-state index contributed by atoms with van der Waals surface area (Å²) in [4.78, 5) is 4.02. The van der Waals surface area contributed by atoms with Gasteiger partial charge in [0.25, 0.3) is 0 Å². The maximum atomic E-state index is 4.05. The molecule has 0 saturated heterocycles. The van der Waals surface area contributed by atoms with Crippen molar-refractivity contribution in [3.63, 3.8) is 0 Å². The van der Waals surface area contributed by atoms with Crippen LogP contribution in [-0.2, 0) is 31.2 Å². The molecule has 2 nitrogen and oxygen atoms in total. The van der Waals surface area contributed by atoms with Crippen molar-refractivity contribution in [1.29, 1.82) is 0 Å². The second-order valence-electron chi connectivity index (χ2n) is 3.93. The molecule has 0 radical (unpaired) electrons. The molecule has 0 fully saturated rings. The van der Waals surface area contributed by atoms with E-state index in [4.69, 9.17) is 0 Å². The first-order chi connectivity index (χ1) is 7.43. The van der Waals surface area contributed by atoms with Crippen molar-refractivity contribution >= 4 is 9.08 Å². The molecule has 0 saturated carbocycles. The Bertz CT molecular complexity index is 376. The van der Waals surface area contributed by atoms with E-state index in [2.05, 4.69) is 49.4 Å². The van der Waals surface area contributed by atoms with E-state index in [9.17, 15) is 0 Å². The molecule has 16 heavy (non-hydrogen) atoms. The van der Waals surface area contributed by atoms with Gasteiger partial charge in [0.05, 0.1) is 0 Å².